The maximum atomic E-state index is 14.2. The molecule has 122 valence electrons. The number of aliphatic hydroxyl groups excluding tert-OH is 1. The zero-order valence-corrected chi connectivity index (χ0v) is 11.8. The first-order chi connectivity index (χ1) is 10.1. The van der Waals surface area contributed by atoms with Gasteiger partial charge in [0.25, 0.3) is 0 Å². The molecular formula is C12H15F2N3O5. The maximum absolute atomic E-state index is 14.2. The van der Waals surface area contributed by atoms with Gasteiger partial charge >= 0.3 is 17.6 Å². The second kappa shape index (κ2) is 5.61. The highest BCUT2D eigenvalue weighted by Gasteiger charge is 2.61. The number of hydrogen-bond acceptors (Lipinski definition) is 7. The first-order valence-electron chi connectivity index (χ1n) is 6.37. The van der Waals surface area contributed by atoms with E-state index >= 15 is 0 Å². The fraction of sp³-hybridized carbons (Fsp3) is 0.583. The molecule has 0 spiro atoms. The lowest BCUT2D eigenvalue weighted by Gasteiger charge is -2.21. The molecule has 0 bridgehead atoms. The topological polar surface area (TPSA) is 117 Å². The van der Waals surface area contributed by atoms with Crippen LogP contribution in [0.15, 0.2) is 17.1 Å². The Morgan fingerprint density at radius 2 is 2.27 bits per heavy atom. The molecule has 0 saturated carbocycles. The van der Waals surface area contributed by atoms with E-state index in [4.69, 9.17) is 15.2 Å². The summed E-state index contributed by atoms with van der Waals surface area (Å²) in [7, 11) is 0. The van der Waals surface area contributed by atoms with E-state index in [1.54, 1.807) is 0 Å². The van der Waals surface area contributed by atoms with Gasteiger partial charge in [0.2, 0.25) is 6.23 Å². The van der Waals surface area contributed by atoms with Crippen molar-refractivity contribution in [2.24, 2.45) is 0 Å². The smallest absolute Gasteiger partial charge is 0.351 e. The number of nitrogen functional groups attached to an aromatic ring is 1. The molecule has 8 nitrogen and oxygen atoms in total. The summed E-state index contributed by atoms with van der Waals surface area (Å²) in [6, 6.07) is 1.15. The van der Waals surface area contributed by atoms with E-state index in [-0.39, 0.29) is 5.82 Å². The molecular weight excluding hydrogens is 304 g/mol. The molecule has 1 fully saturated rings. The quantitative estimate of drug-likeness (QED) is 0.733. The van der Waals surface area contributed by atoms with Gasteiger partial charge in [0.05, 0.1) is 0 Å². The third-order valence-electron chi connectivity index (χ3n) is 3.24. The van der Waals surface area contributed by atoms with Gasteiger partial charge < -0.3 is 20.3 Å². The molecule has 3 N–H and O–H groups in total. The minimum atomic E-state index is -3.78. The molecule has 2 rings (SSSR count). The van der Waals surface area contributed by atoms with Gasteiger partial charge in [0, 0.05) is 13.1 Å². The third-order valence-corrected chi connectivity index (χ3v) is 3.24. The van der Waals surface area contributed by atoms with Gasteiger partial charge in [0.15, 0.2) is 6.10 Å². The van der Waals surface area contributed by atoms with E-state index in [1.165, 1.54) is 6.92 Å². The number of aliphatic hydroxyl groups is 1. The zero-order valence-electron chi connectivity index (χ0n) is 11.8. The summed E-state index contributed by atoms with van der Waals surface area (Å²) in [5, 5.41) is 9.75. The molecule has 22 heavy (non-hydrogen) atoms. The van der Waals surface area contributed by atoms with E-state index < -0.39 is 42.1 Å². The summed E-state index contributed by atoms with van der Waals surface area (Å²) < 4.78 is 38.7. The second-order valence-electron chi connectivity index (χ2n) is 4.93. The van der Waals surface area contributed by atoms with Crippen molar-refractivity contribution in [2.45, 2.75) is 44.3 Å². The van der Waals surface area contributed by atoms with Crippen molar-refractivity contribution in [3.63, 3.8) is 0 Å². The number of alkyl halides is 2. The summed E-state index contributed by atoms with van der Waals surface area (Å²) in [5.41, 5.74) is 4.25. The van der Waals surface area contributed by atoms with Crippen molar-refractivity contribution in [1.82, 2.24) is 9.55 Å². The summed E-state index contributed by atoms with van der Waals surface area (Å²) >= 11 is 0. The molecule has 1 aromatic rings. The second-order valence-corrected chi connectivity index (χ2v) is 4.93. The van der Waals surface area contributed by atoms with Gasteiger partial charge in [-0.1, -0.05) is 0 Å². The van der Waals surface area contributed by atoms with Crippen LogP contribution in [0.1, 0.15) is 20.1 Å². The largest absolute Gasteiger partial charge is 0.460 e. The van der Waals surface area contributed by atoms with Crippen LogP contribution < -0.4 is 11.4 Å². The lowest BCUT2D eigenvalue weighted by molar-refractivity contribution is -0.158. The van der Waals surface area contributed by atoms with Gasteiger partial charge in [-0.25, -0.2) is 4.79 Å². The fourth-order valence-corrected chi connectivity index (χ4v) is 2.23. The Labute approximate surface area is 123 Å². The van der Waals surface area contributed by atoms with Crippen LogP contribution >= 0.6 is 0 Å². The Morgan fingerprint density at radius 1 is 1.64 bits per heavy atom. The Kier molecular flexibility index (Phi) is 4.16. The van der Waals surface area contributed by atoms with Gasteiger partial charge in [-0.2, -0.15) is 13.8 Å². The Balaban J connectivity index is 2.33. The van der Waals surface area contributed by atoms with Crippen LogP contribution in [-0.4, -0.2) is 44.9 Å². The van der Waals surface area contributed by atoms with E-state index in [9.17, 15) is 23.5 Å². The van der Waals surface area contributed by atoms with Gasteiger partial charge in [-0.3, -0.25) is 9.36 Å². The summed E-state index contributed by atoms with van der Waals surface area (Å²) in [4.78, 5) is 25.9. The van der Waals surface area contributed by atoms with E-state index in [0.29, 0.717) is 4.57 Å². The molecule has 2 heterocycles. The number of hydrogen-bond donors (Lipinski definition) is 2. The number of ether oxygens (including phenoxy) is 2. The number of carbonyl (C=O) groups is 1. The number of carbonyl (C=O) groups excluding carboxylic acids is 1. The maximum Gasteiger partial charge on any atom is 0.351 e. The molecule has 4 atom stereocenters. The molecule has 1 aliphatic heterocycles. The molecule has 0 radical (unpaired) electrons. The van der Waals surface area contributed by atoms with Crippen LogP contribution in [0, 0.1) is 0 Å². The number of nitrogens with zero attached hydrogens (tertiary/aromatic N) is 2. The lowest BCUT2D eigenvalue weighted by Crippen LogP contribution is -2.43. The molecule has 10 heteroatoms. The molecule has 1 saturated heterocycles. The molecule has 0 aliphatic carbocycles. The first kappa shape index (κ1) is 16.3. The van der Waals surface area contributed by atoms with Crippen molar-refractivity contribution < 1.29 is 28.2 Å². The molecule has 1 aliphatic rings. The zero-order chi connectivity index (χ0) is 16.7. The number of aromatic nitrogens is 2. The van der Waals surface area contributed by atoms with E-state index in [1.807, 2.05) is 0 Å². The minimum Gasteiger partial charge on any atom is -0.460 e. The third kappa shape index (κ3) is 2.79. The van der Waals surface area contributed by atoms with Crippen LogP contribution in [0.3, 0.4) is 0 Å². The van der Waals surface area contributed by atoms with Gasteiger partial charge in [-0.05, 0) is 13.0 Å². The number of nitrogens with two attached hydrogens (primary N) is 1. The monoisotopic (exact) mass is 319 g/mol. The van der Waals surface area contributed by atoms with Crippen molar-refractivity contribution >= 4 is 11.8 Å². The van der Waals surface area contributed by atoms with Crippen molar-refractivity contribution in [3.05, 3.63) is 22.7 Å². The van der Waals surface area contributed by atoms with Crippen LogP contribution in [0.25, 0.3) is 0 Å². The standard InChI is InChI=1S/C12H15F2N3O5/c1-5(21-6(2)18)8-9(19)12(13,14)10(22-8)17-4-3-7(15)16-11(17)20/h3-5,8-10,19H,1-2H3,(H2,15,16,20)/t5?,8-,9?,10-/m1/s1. The van der Waals surface area contributed by atoms with Crippen molar-refractivity contribution in [2.75, 3.05) is 5.73 Å². The highest BCUT2D eigenvalue weighted by Crippen LogP contribution is 2.43. The average Bonchev–Trinajstić information content (AvgIpc) is 2.61. The molecule has 1 aromatic heterocycles. The normalized spacial score (nSPS) is 28.3. The van der Waals surface area contributed by atoms with E-state index in [2.05, 4.69) is 4.98 Å². The molecule has 0 amide bonds. The predicted molar refractivity (Wildman–Crippen MR) is 69.0 cm³/mol. The van der Waals surface area contributed by atoms with Crippen LogP contribution in [0.2, 0.25) is 0 Å². The van der Waals surface area contributed by atoms with Gasteiger partial charge in [-0.15, -0.1) is 0 Å². The Morgan fingerprint density at radius 3 is 2.82 bits per heavy atom. The minimum absolute atomic E-state index is 0.132. The summed E-state index contributed by atoms with van der Waals surface area (Å²) in [6.07, 6.45) is -5.95. The number of anilines is 1. The van der Waals surface area contributed by atoms with Crippen LogP contribution in [0.4, 0.5) is 14.6 Å². The van der Waals surface area contributed by atoms with Crippen LogP contribution in [0.5, 0.6) is 0 Å². The number of esters is 1. The SMILES string of the molecule is CC(=O)OC(C)[C@H]1O[C@@H](n2ccc(N)nc2=O)C(F)(F)C1O. The summed E-state index contributed by atoms with van der Waals surface area (Å²) in [5.74, 6) is -4.62. The molecule has 0 aromatic carbocycles. The first-order valence-corrected chi connectivity index (χ1v) is 6.37. The predicted octanol–water partition coefficient (Wildman–Crippen LogP) is -0.329. The van der Waals surface area contributed by atoms with E-state index in [0.717, 1.165) is 19.2 Å². The Hall–Kier alpha value is -2.07. The van der Waals surface area contributed by atoms with Crippen molar-refractivity contribution in [1.29, 1.82) is 0 Å². The fourth-order valence-electron chi connectivity index (χ4n) is 2.23. The number of halogens is 2. The highest BCUT2D eigenvalue weighted by atomic mass is 19.3. The highest BCUT2D eigenvalue weighted by molar-refractivity contribution is 5.66. The van der Waals surface area contributed by atoms with Crippen molar-refractivity contribution in [3.8, 4) is 0 Å². The molecule has 2 unspecified atom stereocenters. The summed E-state index contributed by atoms with van der Waals surface area (Å²) in [6.45, 7) is 2.40. The van der Waals surface area contributed by atoms with Crippen LogP contribution in [-0.2, 0) is 14.3 Å². The average molecular weight is 319 g/mol. The Bertz CT molecular complexity index is 635. The lowest BCUT2D eigenvalue weighted by atomic mass is 10.1. The van der Waals surface area contributed by atoms with Gasteiger partial charge in [0.1, 0.15) is 18.0 Å². The number of rotatable bonds is 3.